The monoisotopic (exact) mass is 417 g/mol. The van der Waals surface area contributed by atoms with Gasteiger partial charge in [0, 0.05) is 11.4 Å². The first-order chi connectivity index (χ1) is 14.6. The average molecular weight is 418 g/mol. The third-order valence-corrected chi connectivity index (χ3v) is 5.42. The molecule has 0 bridgehead atoms. The lowest BCUT2D eigenvalue weighted by molar-refractivity contribution is 0.360. The summed E-state index contributed by atoms with van der Waals surface area (Å²) in [5.74, 6) is 0. The number of aliphatic imine (C=N–C) groups is 1. The lowest BCUT2D eigenvalue weighted by Crippen LogP contribution is -2.26. The lowest BCUT2D eigenvalue weighted by Gasteiger charge is -2.36. The van der Waals surface area contributed by atoms with E-state index < -0.39 is 0 Å². The molecule has 1 atom stereocenters. The molecule has 1 aliphatic rings. The van der Waals surface area contributed by atoms with Gasteiger partial charge < -0.3 is 11.1 Å². The van der Waals surface area contributed by atoms with Gasteiger partial charge in [-0.3, -0.25) is 4.99 Å². The molecule has 0 radical (unpaired) electrons. The fourth-order valence-corrected chi connectivity index (χ4v) is 3.66. The highest BCUT2D eigenvalue weighted by Gasteiger charge is 2.31. The zero-order valence-corrected chi connectivity index (χ0v) is 19.9. The number of hydrogen-bond donors (Lipinski definition) is 2. The van der Waals surface area contributed by atoms with Gasteiger partial charge >= 0.3 is 0 Å². The highest BCUT2D eigenvalue weighted by Crippen LogP contribution is 2.41. The Morgan fingerprint density at radius 3 is 2.48 bits per heavy atom. The molecular formula is C28H39N3. The van der Waals surface area contributed by atoms with Crippen molar-refractivity contribution >= 4 is 6.34 Å². The second kappa shape index (κ2) is 12.6. The first-order valence-corrected chi connectivity index (χ1v) is 10.7. The van der Waals surface area contributed by atoms with Crippen molar-refractivity contribution in [1.82, 2.24) is 5.32 Å². The van der Waals surface area contributed by atoms with Gasteiger partial charge in [-0.15, -0.1) is 0 Å². The molecule has 1 unspecified atom stereocenters. The average Bonchev–Trinajstić information content (AvgIpc) is 2.69. The summed E-state index contributed by atoms with van der Waals surface area (Å²) >= 11 is 0. The topological polar surface area (TPSA) is 50.4 Å². The minimum atomic E-state index is 0.147. The zero-order chi connectivity index (χ0) is 23.4. The Kier molecular flexibility index (Phi) is 10.5. The Morgan fingerprint density at radius 1 is 1.16 bits per heavy atom. The van der Waals surface area contributed by atoms with Crippen LogP contribution in [0.15, 0.2) is 113 Å². The molecule has 3 N–H and O–H groups in total. The van der Waals surface area contributed by atoms with Crippen LogP contribution in [-0.4, -0.2) is 12.4 Å². The van der Waals surface area contributed by atoms with Crippen molar-refractivity contribution in [1.29, 1.82) is 0 Å². The first kappa shape index (κ1) is 26.0. The van der Waals surface area contributed by atoms with Gasteiger partial charge in [-0.2, -0.15) is 0 Å². The lowest BCUT2D eigenvalue weighted by atomic mass is 9.71. The minimum Gasteiger partial charge on any atom is -0.390 e. The van der Waals surface area contributed by atoms with Crippen molar-refractivity contribution in [3.05, 3.63) is 108 Å². The van der Waals surface area contributed by atoms with Gasteiger partial charge in [0.05, 0.1) is 12.4 Å². The van der Waals surface area contributed by atoms with E-state index in [4.69, 9.17) is 5.73 Å². The zero-order valence-electron chi connectivity index (χ0n) is 19.9. The number of allylic oxidation sites excluding steroid dienone is 12. The van der Waals surface area contributed by atoms with E-state index in [-0.39, 0.29) is 11.5 Å². The van der Waals surface area contributed by atoms with Crippen molar-refractivity contribution in [3.63, 3.8) is 0 Å². The largest absolute Gasteiger partial charge is 0.390 e. The van der Waals surface area contributed by atoms with E-state index in [1.165, 1.54) is 23.1 Å². The van der Waals surface area contributed by atoms with Crippen molar-refractivity contribution in [3.8, 4) is 0 Å². The first-order valence-electron chi connectivity index (χ1n) is 10.7. The van der Waals surface area contributed by atoms with Crippen LogP contribution in [0.1, 0.15) is 47.5 Å². The quantitative estimate of drug-likeness (QED) is 0.232. The predicted molar refractivity (Wildman–Crippen MR) is 139 cm³/mol. The minimum absolute atomic E-state index is 0.147. The van der Waals surface area contributed by atoms with E-state index in [2.05, 4.69) is 88.1 Å². The van der Waals surface area contributed by atoms with Crippen molar-refractivity contribution in [2.75, 3.05) is 0 Å². The second-order valence-corrected chi connectivity index (χ2v) is 8.54. The molecule has 1 rings (SSSR count). The SMILES string of the molecule is C=C/C=C(\C=C)NC(=C)/C=C(C)/C=C/C=C(C)/C=C/C1=C(C)C(N=CN)CCC1(C)C. The van der Waals surface area contributed by atoms with E-state index >= 15 is 0 Å². The number of nitrogens with two attached hydrogens (primary N) is 1. The molecule has 3 nitrogen and oxygen atoms in total. The Bertz CT molecular complexity index is 883. The molecule has 166 valence electrons. The molecule has 0 saturated carbocycles. The van der Waals surface area contributed by atoms with Gasteiger partial charge in [0.25, 0.3) is 0 Å². The van der Waals surface area contributed by atoms with Crippen LogP contribution >= 0.6 is 0 Å². The van der Waals surface area contributed by atoms with Crippen LogP contribution in [0.4, 0.5) is 0 Å². The summed E-state index contributed by atoms with van der Waals surface area (Å²) in [7, 11) is 0. The molecule has 0 spiro atoms. The Labute approximate surface area is 189 Å². The van der Waals surface area contributed by atoms with Crippen molar-refractivity contribution in [2.24, 2.45) is 16.1 Å². The maximum atomic E-state index is 5.54. The van der Waals surface area contributed by atoms with Crippen molar-refractivity contribution in [2.45, 2.75) is 53.5 Å². The second-order valence-electron chi connectivity index (χ2n) is 8.54. The number of nitrogens with zero attached hydrogens (tertiary/aromatic N) is 1. The van der Waals surface area contributed by atoms with Gasteiger partial charge in [0.15, 0.2) is 0 Å². The molecule has 0 aliphatic heterocycles. The summed E-state index contributed by atoms with van der Waals surface area (Å²) < 4.78 is 0. The van der Waals surface area contributed by atoms with E-state index in [9.17, 15) is 0 Å². The Morgan fingerprint density at radius 2 is 1.87 bits per heavy atom. The summed E-state index contributed by atoms with van der Waals surface area (Å²) in [6.07, 6.45) is 21.5. The van der Waals surface area contributed by atoms with E-state index in [1.54, 1.807) is 12.2 Å². The van der Waals surface area contributed by atoms with Gasteiger partial charge in [-0.05, 0) is 74.0 Å². The Balaban J connectivity index is 2.88. The van der Waals surface area contributed by atoms with Crippen LogP contribution in [0.2, 0.25) is 0 Å². The molecule has 1 aliphatic carbocycles. The molecule has 0 aromatic rings. The molecule has 0 fully saturated rings. The maximum absolute atomic E-state index is 5.54. The molecule has 0 amide bonds. The van der Waals surface area contributed by atoms with Gasteiger partial charge in [-0.1, -0.05) is 75.6 Å². The standard InChI is InChI=1S/C28H39N3/c1-9-12-25(10-2)31-23(5)19-22(4)14-11-13-21(3)15-16-26-24(6)27(30-20-29)17-18-28(26,7)8/h9-16,19-20,27,31H,1-2,5,17-18H2,3-4,6-8H3,(H2,29,30)/b14-11+,16-15+,21-13+,22-19+,25-12+. The molecule has 3 heteroatoms. The molecule has 0 aromatic heterocycles. The van der Waals surface area contributed by atoms with Crippen LogP contribution in [0.3, 0.4) is 0 Å². The number of rotatable bonds is 10. The fraction of sp³-hybridized carbons (Fsp3) is 0.321. The highest BCUT2D eigenvalue weighted by molar-refractivity contribution is 5.53. The summed E-state index contributed by atoms with van der Waals surface area (Å²) in [5, 5.41) is 3.20. The van der Waals surface area contributed by atoms with Crippen LogP contribution in [0.5, 0.6) is 0 Å². The molecule has 31 heavy (non-hydrogen) atoms. The smallest absolute Gasteiger partial charge is 0.0805 e. The van der Waals surface area contributed by atoms with E-state index in [0.29, 0.717) is 0 Å². The molecular weight excluding hydrogens is 378 g/mol. The third-order valence-electron chi connectivity index (χ3n) is 5.42. The fourth-order valence-electron chi connectivity index (χ4n) is 3.66. The van der Waals surface area contributed by atoms with Crippen LogP contribution < -0.4 is 11.1 Å². The molecule has 0 heterocycles. The van der Waals surface area contributed by atoms with Crippen molar-refractivity contribution < 1.29 is 0 Å². The van der Waals surface area contributed by atoms with Crippen LogP contribution in [0.25, 0.3) is 0 Å². The summed E-state index contributed by atoms with van der Waals surface area (Å²) in [4.78, 5) is 4.44. The van der Waals surface area contributed by atoms with E-state index in [0.717, 1.165) is 29.8 Å². The predicted octanol–water partition coefficient (Wildman–Crippen LogP) is 6.84. The maximum Gasteiger partial charge on any atom is 0.0805 e. The summed E-state index contributed by atoms with van der Waals surface area (Å²) in [5.41, 5.74) is 12.3. The summed E-state index contributed by atoms with van der Waals surface area (Å²) in [6, 6.07) is 0.194. The number of nitrogens with one attached hydrogen (secondary N) is 1. The normalized spacial score (nSPS) is 20.7. The number of hydrogen-bond acceptors (Lipinski definition) is 2. The molecule has 0 aromatic carbocycles. The van der Waals surface area contributed by atoms with Gasteiger partial charge in [-0.25, -0.2) is 0 Å². The van der Waals surface area contributed by atoms with Crippen LogP contribution in [0, 0.1) is 5.41 Å². The van der Waals surface area contributed by atoms with Gasteiger partial charge in [0.2, 0.25) is 0 Å². The molecule has 0 saturated heterocycles. The third kappa shape index (κ3) is 8.67. The highest BCUT2D eigenvalue weighted by atomic mass is 14.9. The van der Waals surface area contributed by atoms with E-state index in [1.807, 2.05) is 19.1 Å². The summed E-state index contributed by atoms with van der Waals surface area (Å²) in [6.45, 7) is 22.4. The van der Waals surface area contributed by atoms with Crippen LogP contribution in [-0.2, 0) is 0 Å². The Hall–Kier alpha value is -3.07. The van der Waals surface area contributed by atoms with Gasteiger partial charge in [0.1, 0.15) is 0 Å².